The van der Waals surface area contributed by atoms with E-state index in [0.29, 0.717) is 6.61 Å². The van der Waals surface area contributed by atoms with E-state index in [2.05, 4.69) is 12.2 Å². The maximum Gasteiger partial charge on any atom is 0.121 e. The van der Waals surface area contributed by atoms with Gasteiger partial charge in [-0.3, -0.25) is 0 Å². The summed E-state index contributed by atoms with van der Waals surface area (Å²) in [6.07, 6.45) is 0.977. The van der Waals surface area contributed by atoms with Crippen LogP contribution < -0.4 is 15.8 Å². The summed E-state index contributed by atoms with van der Waals surface area (Å²) < 4.78 is 10.3. The number of anilines is 2. The molecule has 0 aliphatic heterocycles. The van der Waals surface area contributed by atoms with Gasteiger partial charge >= 0.3 is 0 Å². The smallest absolute Gasteiger partial charge is 0.121 e. The summed E-state index contributed by atoms with van der Waals surface area (Å²) in [6, 6.07) is 5.84. The average Bonchev–Trinajstić information content (AvgIpc) is 2.31. The van der Waals surface area contributed by atoms with Crippen molar-refractivity contribution >= 4 is 11.4 Å². The Bertz CT molecular complexity index is 329. The Morgan fingerprint density at radius 1 is 1.38 bits per heavy atom. The molecule has 0 amide bonds. The fourth-order valence-electron chi connectivity index (χ4n) is 1.47. The third-order valence-corrected chi connectivity index (χ3v) is 2.48. The third kappa shape index (κ3) is 3.31. The maximum atomic E-state index is 5.88. The molecule has 16 heavy (non-hydrogen) atoms. The van der Waals surface area contributed by atoms with Crippen LogP contribution >= 0.6 is 0 Å². The highest BCUT2D eigenvalue weighted by atomic mass is 16.5. The summed E-state index contributed by atoms with van der Waals surface area (Å²) >= 11 is 0. The van der Waals surface area contributed by atoms with Gasteiger partial charge in [-0.25, -0.2) is 0 Å². The number of methoxy groups -OCH3 is 2. The first-order valence-electron chi connectivity index (χ1n) is 5.40. The lowest BCUT2D eigenvalue weighted by Crippen LogP contribution is -2.24. The van der Waals surface area contributed by atoms with Gasteiger partial charge in [0.05, 0.1) is 25.1 Å². The summed E-state index contributed by atoms with van der Waals surface area (Å²) in [6.45, 7) is 2.76. The van der Waals surface area contributed by atoms with Crippen LogP contribution in [0.1, 0.15) is 13.3 Å². The average molecular weight is 224 g/mol. The van der Waals surface area contributed by atoms with Gasteiger partial charge in [-0.05, 0) is 18.6 Å². The molecule has 0 fully saturated rings. The van der Waals surface area contributed by atoms with E-state index in [9.17, 15) is 0 Å². The van der Waals surface area contributed by atoms with Gasteiger partial charge in [-0.2, -0.15) is 0 Å². The van der Waals surface area contributed by atoms with E-state index in [1.807, 2.05) is 18.2 Å². The number of hydrogen-bond donors (Lipinski definition) is 2. The second-order valence-electron chi connectivity index (χ2n) is 3.66. The van der Waals surface area contributed by atoms with Gasteiger partial charge in [0.25, 0.3) is 0 Å². The third-order valence-electron chi connectivity index (χ3n) is 2.48. The number of nitrogens with one attached hydrogen (secondary N) is 1. The number of hydrogen-bond acceptors (Lipinski definition) is 4. The fraction of sp³-hybridized carbons (Fsp3) is 0.500. The Morgan fingerprint density at radius 3 is 2.69 bits per heavy atom. The number of benzene rings is 1. The summed E-state index contributed by atoms with van der Waals surface area (Å²) in [7, 11) is 3.33. The maximum absolute atomic E-state index is 5.88. The highest BCUT2D eigenvalue weighted by Gasteiger charge is 2.08. The normalized spacial score (nSPS) is 12.2. The van der Waals surface area contributed by atoms with Gasteiger partial charge in [0.15, 0.2) is 0 Å². The van der Waals surface area contributed by atoms with Gasteiger partial charge in [-0.15, -0.1) is 0 Å². The SMILES string of the molecule is CCC(COC)Nc1cc(OC)ccc1N. The summed E-state index contributed by atoms with van der Waals surface area (Å²) in [4.78, 5) is 0. The molecule has 4 heteroatoms. The minimum absolute atomic E-state index is 0.263. The van der Waals surface area contributed by atoms with Crippen molar-refractivity contribution in [3.05, 3.63) is 18.2 Å². The van der Waals surface area contributed by atoms with Crippen molar-refractivity contribution in [2.45, 2.75) is 19.4 Å². The molecule has 0 radical (unpaired) electrons. The van der Waals surface area contributed by atoms with Crippen LogP contribution in [0.5, 0.6) is 5.75 Å². The first kappa shape index (κ1) is 12.6. The molecule has 1 atom stereocenters. The zero-order valence-corrected chi connectivity index (χ0v) is 10.1. The number of nitrogens with two attached hydrogens (primary N) is 1. The molecule has 0 saturated carbocycles. The van der Waals surface area contributed by atoms with Crippen LogP contribution in [0.4, 0.5) is 11.4 Å². The van der Waals surface area contributed by atoms with E-state index in [1.165, 1.54) is 0 Å². The highest BCUT2D eigenvalue weighted by molar-refractivity contribution is 5.68. The zero-order valence-electron chi connectivity index (χ0n) is 10.1. The standard InChI is InChI=1S/C12H20N2O2/c1-4-9(8-15-2)14-12-7-10(16-3)5-6-11(12)13/h5-7,9,14H,4,8,13H2,1-3H3. The Balaban J connectivity index is 2.77. The van der Waals surface area contributed by atoms with Crippen molar-refractivity contribution < 1.29 is 9.47 Å². The van der Waals surface area contributed by atoms with Crippen molar-refractivity contribution in [2.24, 2.45) is 0 Å². The molecule has 1 rings (SSSR count). The first-order chi connectivity index (χ1) is 7.71. The molecule has 3 N–H and O–H groups in total. The molecule has 4 nitrogen and oxygen atoms in total. The van der Waals surface area contributed by atoms with Crippen molar-refractivity contribution in [3.63, 3.8) is 0 Å². The van der Waals surface area contributed by atoms with Gasteiger partial charge < -0.3 is 20.5 Å². The summed E-state index contributed by atoms with van der Waals surface area (Å²) in [5, 5.41) is 3.34. The van der Waals surface area contributed by atoms with Gasteiger partial charge in [0.1, 0.15) is 5.75 Å². The molecule has 0 saturated heterocycles. The van der Waals surface area contributed by atoms with E-state index in [0.717, 1.165) is 23.5 Å². The van der Waals surface area contributed by atoms with Crippen molar-refractivity contribution in [1.82, 2.24) is 0 Å². The molecular formula is C12H20N2O2. The van der Waals surface area contributed by atoms with Crippen LogP contribution in [0.2, 0.25) is 0 Å². The molecule has 0 aromatic heterocycles. The molecule has 1 unspecified atom stereocenters. The molecule has 0 heterocycles. The number of nitrogen functional groups attached to an aromatic ring is 1. The zero-order chi connectivity index (χ0) is 12.0. The van der Waals surface area contributed by atoms with Crippen molar-refractivity contribution in [3.8, 4) is 5.75 Å². The second kappa shape index (κ2) is 6.23. The van der Waals surface area contributed by atoms with E-state index in [1.54, 1.807) is 14.2 Å². The second-order valence-corrected chi connectivity index (χ2v) is 3.66. The topological polar surface area (TPSA) is 56.5 Å². The Labute approximate surface area is 96.7 Å². The lowest BCUT2D eigenvalue weighted by molar-refractivity contribution is 0.184. The summed E-state index contributed by atoms with van der Waals surface area (Å²) in [5.74, 6) is 0.795. The molecule has 0 spiro atoms. The highest BCUT2D eigenvalue weighted by Crippen LogP contribution is 2.25. The van der Waals surface area contributed by atoms with E-state index < -0.39 is 0 Å². The molecule has 1 aromatic rings. The van der Waals surface area contributed by atoms with Crippen LogP contribution in [0.15, 0.2) is 18.2 Å². The minimum atomic E-state index is 0.263. The fourth-order valence-corrected chi connectivity index (χ4v) is 1.47. The van der Waals surface area contributed by atoms with Crippen LogP contribution in [0.3, 0.4) is 0 Å². The number of rotatable bonds is 6. The van der Waals surface area contributed by atoms with E-state index in [-0.39, 0.29) is 6.04 Å². The molecule has 1 aromatic carbocycles. The lowest BCUT2D eigenvalue weighted by Gasteiger charge is -2.19. The first-order valence-corrected chi connectivity index (χ1v) is 5.40. The molecule has 0 aliphatic carbocycles. The van der Waals surface area contributed by atoms with Crippen molar-refractivity contribution in [2.75, 3.05) is 31.9 Å². The van der Waals surface area contributed by atoms with E-state index in [4.69, 9.17) is 15.2 Å². The predicted octanol–water partition coefficient (Wildman–Crippen LogP) is 2.11. The monoisotopic (exact) mass is 224 g/mol. The van der Waals surface area contributed by atoms with Gasteiger partial charge in [0, 0.05) is 19.2 Å². The lowest BCUT2D eigenvalue weighted by atomic mass is 10.2. The Hall–Kier alpha value is -1.42. The van der Waals surface area contributed by atoms with Crippen LogP contribution in [-0.2, 0) is 4.74 Å². The largest absolute Gasteiger partial charge is 0.497 e. The van der Waals surface area contributed by atoms with Crippen LogP contribution in [-0.4, -0.2) is 26.9 Å². The van der Waals surface area contributed by atoms with Crippen molar-refractivity contribution in [1.29, 1.82) is 0 Å². The van der Waals surface area contributed by atoms with Gasteiger partial charge in [0.2, 0.25) is 0 Å². The van der Waals surface area contributed by atoms with Crippen LogP contribution in [0, 0.1) is 0 Å². The molecule has 0 bridgehead atoms. The summed E-state index contributed by atoms with van der Waals surface area (Å²) in [5.41, 5.74) is 7.49. The number of ether oxygens (including phenoxy) is 2. The quantitative estimate of drug-likeness (QED) is 0.727. The molecule has 90 valence electrons. The van der Waals surface area contributed by atoms with Gasteiger partial charge in [-0.1, -0.05) is 6.92 Å². The molecule has 0 aliphatic rings. The molecular weight excluding hydrogens is 204 g/mol. The Morgan fingerprint density at radius 2 is 2.12 bits per heavy atom. The van der Waals surface area contributed by atoms with Crippen LogP contribution in [0.25, 0.3) is 0 Å². The Kier molecular flexibility index (Phi) is 4.92. The van der Waals surface area contributed by atoms with E-state index >= 15 is 0 Å². The minimum Gasteiger partial charge on any atom is -0.497 e. The predicted molar refractivity (Wildman–Crippen MR) is 67.0 cm³/mol.